The van der Waals surface area contributed by atoms with Crippen molar-refractivity contribution in [2.24, 2.45) is 17.6 Å². The lowest BCUT2D eigenvalue weighted by atomic mass is 9.58. The van der Waals surface area contributed by atoms with E-state index in [1.165, 1.54) is 29.2 Å². The molecule has 6 rings (SSSR count). The largest absolute Gasteiger partial charge is 0.510 e. The highest BCUT2D eigenvalue weighted by atomic mass is 16.5. The van der Waals surface area contributed by atoms with Crippen LogP contribution in [0.1, 0.15) is 46.0 Å². The standard InChI is InChI=1S/C34H39N3O8/c1-5-37(20-10-16-8-6-7-9-17(16)11-20)15-19-14-23(38)25-21(30(19)45-4)12-18-13-22-27(36(2)3)29(40)26(33(35)43)32(42)34(22,44)31(41)24(18)28(25)39/h6-9,14,18,20,22,27,38,40-41,44H,5,10-13,15H2,1-4H3,(H2,35,43)/t18-,22-,27-,34-/m0/s1. The molecule has 4 aliphatic carbocycles. The number of likely N-dealkylation sites (N-methyl/N-ethyl adjacent to an activating group) is 2. The van der Waals surface area contributed by atoms with Gasteiger partial charge in [0.05, 0.1) is 18.7 Å². The number of Topliss-reactive ketones (excluding diaryl/α,β-unsaturated/α-hetero) is 2. The minimum atomic E-state index is -2.68. The Morgan fingerprint density at radius 3 is 2.29 bits per heavy atom. The van der Waals surface area contributed by atoms with Gasteiger partial charge in [-0.25, -0.2) is 0 Å². The van der Waals surface area contributed by atoms with E-state index in [9.17, 15) is 34.8 Å². The Morgan fingerprint density at radius 2 is 1.73 bits per heavy atom. The Morgan fingerprint density at radius 1 is 1.09 bits per heavy atom. The van der Waals surface area contributed by atoms with E-state index < -0.39 is 58.0 Å². The first-order valence-electron chi connectivity index (χ1n) is 15.2. The molecule has 0 saturated carbocycles. The molecule has 4 aliphatic rings. The van der Waals surface area contributed by atoms with Crippen LogP contribution < -0.4 is 10.5 Å². The van der Waals surface area contributed by atoms with E-state index in [2.05, 4.69) is 24.0 Å². The fourth-order valence-electron chi connectivity index (χ4n) is 8.25. The molecule has 0 aliphatic heterocycles. The fourth-order valence-corrected chi connectivity index (χ4v) is 8.25. The molecular formula is C34H39N3O8. The Bertz CT molecular complexity index is 1670. The molecule has 238 valence electrons. The van der Waals surface area contributed by atoms with Gasteiger partial charge in [-0.2, -0.15) is 0 Å². The summed E-state index contributed by atoms with van der Waals surface area (Å²) < 4.78 is 5.90. The molecule has 4 atom stereocenters. The van der Waals surface area contributed by atoms with Crippen LogP contribution in [0.25, 0.3) is 0 Å². The fraction of sp³-hybridized carbons (Fsp3) is 0.441. The first-order chi connectivity index (χ1) is 21.3. The monoisotopic (exact) mass is 617 g/mol. The number of ether oxygens (including phenoxy) is 1. The Labute approximate surface area is 261 Å². The lowest BCUT2D eigenvalue weighted by Crippen LogP contribution is -2.63. The smallest absolute Gasteiger partial charge is 0.255 e. The normalized spacial score (nSPS) is 26.2. The minimum Gasteiger partial charge on any atom is -0.510 e. The van der Waals surface area contributed by atoms with E-state index in [1.54, 1.807) is 14.1 Å². The van der Waals surface area contributed by atoms with E-state index in [0.717, 1.165) is 19.4 Å². The number of aliphatic hydroxyl groups excluding tert-OH is 2. The lowest BCUT2D eigenvalue weighted by molar-refractivity contribution is -0.148. The number of rotatable bonds is 7. The van der Waals surface area contributed by atoms with Crippen LogP contribution in [0, 0.1) is 11.8 Å². The summed E-state index contributed by atoms with van der Waals surface area (Å²) in [5.41, 5.74) is 5.49. The van der Waals surface area contributed by atoms with Crippen molar-refractivity contribution in [3.05, 3.63) is 80.8 Å². The van der Waals surface area contributed by atoms with E-state index >= 15 is 0 Å². The number of carbonyl (C=O) groups excluding carboxylic acids is 3. The van der Waals surface area contributed by atoms with E-state index in [-0.39, 0.29) is 35.8 Å². The van der Waals surface area contributed by atoms with Crippen LogP contribution in [0.5, 0.6) is 11.5 Å². The number of ketones is 2. The average Bonchev–Trinajstić information content (AvgIpc) is 3.41. The van der Waals surface area contributed by atoms with Gasteiger partial charge in [-0.05, 0) is 69.4 Å². The van der Waals surface area contributed by atoms with Crippen LogP contribution in [-0.4, -0.2) is 93.1 Å². The molecule has 0 bridgehead atoms. The average molecular weight is 618 g/mol. The lowest BCUT2D eigenvalue weighted by Gasteiger charge is -2.50. The van der Waals surface area contributed by atoms with Gasteiger partial charge in [0.15, 0.2) is 11.4 Å². The number of hydrogen-bond donors (Lipinski definition) is 5. The number of carbonyl (C=O) groups is 3. The van der Waals surface area contributed by atoms with Crippen molar-refractivity contribution in [2.45, 2.75) is 56.8 Å². The predicted octanol–water partition coefficient (Wildman–Crippen LogP) is 2.12. The number of aliphatic hydroxyl groups is 3. The van der Waals surface area contributed by atoms with Crippen LogP contribution in [0.2, 0.25) is 0 Å². The summed E-state index contributed by atoms with van der Waals surface area (Å²) in [5.74, 6) is -6.33. The SMILES string of the molecule is CCN(Cc1cc(O)c2c(c1OC)C[C@H]1C[C@H]3[C@H](N(C)C)C(O)=C(C(N)=O)C(=O)[C@@]3(O)C(O)=C1C2=O)C1Cc2ccccc2C1. The van der Waals surface area contributed by atoms with E-state index in [0.29, 0.717) is 23.4 Å². The second-order valence-corrected chi connectivity index (χ2v) is 12.8. The molecule has 0 saturated heterocycles. The number of aromatic hydroxyl groups is 1. The number of hydrogen-bond acceptors (Lipinski definition) is 10. The third kappa shape index (κ3) is 4.47. The summed E-state index contributed by atoms with van der Waals surface area (Å²) in [6.07, 6.45) is 2.00. The quantitative estimate of drug-likeness (QED) is 0.290. The first-order valence-corrected chi connectivity index (χ1v) is 15.2. The summed E-state index contributed by atoms with van der Waals surface area (Å²) in [7, 11) is 4.72. The minimum absolute atomic E-state index is 0.0152. The maximum Gasteiger partial charge on any atom is 0.255 e. The van der Waals surface area contributed by atoms with Gasteiger partial charge in [0.2, 0.25) is 5.78 Å². The number of benzene rings is 2. The van der Waals surface area contributed by atoms with Crippen LogP contribution in [0.3, 0.4) is 0 Å². The Hall–Kier alpha value is -4.19. The summed E-state index contributed by atoms with van der Waals surface area (Å²) in [4.78, 5) is 43.6. The van der Waals surface area contributed by atoms with Gasteiger partial charge < -0.3 is 30.9 Å². The number of allylic oxidation sites excluding steroid dienone is 1. The highest BCUT2D eigenvalue weighted by Gasteiger charge is 2.63. The molecule has 0 aromatic heterocycles. The van der Waals surface area contributed by atoms with Gasteiger partial charge in [0.1, 0.15) is 28.6 Å². The van der Waals surface area contributed by atoms with Gasteiger partial charge in [-0.1, -0.05) is 31.2 Å². The second-order valence-electron chi connectivity index (χ2n) is 12.8. The van der Waals surface area contributed by atoms with Crippen molar-refractivity contribution in [1.29, 1.82) is 0 Å². The number of nitrogens with two attached hydrogens (primary N) is 1. The van der Waals surface area contributed by atoms with Crippen molar-refractivity contribution < 1.29 is 39.5 Å². The summed E-state index contributed by atoms with van der Waals surface area (Å²) in [5, 5.41) is 45.6. The number of nitrogens with zero attached hydrogens (tertiary/aromatic N) is 2. The predicted molar refractivity (Wildman–Crippen MR) is 164 cm³/mol. The molecule has 11 nitrogen and oxygen atoms in total. The molecule has 0 spiro atoms. The molecule has 0 fully saturated rings. The maximum atomic E-state index is 14.1. The summed E-state index contributed by atoms with van der Waals surface area (Å²) in [6, 6.07) is 9.11. The molecule has 45 heavy (non-hydrogen) atoms. The highest BCUT2D eigenvalue weighted by molar-refractivity contribution is 6.24. The van der Waals surface area contributed by atoms with Crippen LogP contribution >= 0.6 is 0 Å². The summed E-state index contributed by atoms with van der Waals surface area (Å²) in [6.45, 7) is 3.31. The number of phenols is 1. The number of fused-ring (bicyclic) bond motifs is 4. The van der Waals surface area contributed by atoms with Gasteiger partial charge in [-0.15, -0.1) is 0 Å². The third-order valence-corrected chi connectivity index (χ3v) is 10.3. The first kappa shape index (κ1) is 30.8. The summed E-state index contributed by atoms with van der Waals surface area (Å²) >= 11 is 0. The number of phenolic OH excluding ortho intramolecular Hbond substituents is 1. The molecular weight excluding hydrogens is 578 g/mol. The molecule has 2 aromatic carbocycles. The van der Waals surface area contributed by atoms with Crippen LogP contribution in [0.15, 0.2) is 53.0 Å². The van der Waals surface area contributed by atoms with E-state index in [1.807, 2.05) is 12.1 Å². The molecule has 0 heterocycles. The molecule has 0 radical (unpaired) electrons. The number of methoxy groups -OCH3 is 1. The highest BCUT2D eigenvalue weighted by Crippen LogP contribution is 2.53. The van der Waals surface area contributed by atoms with Crippen molar-refractivity contribution in [3.63, 3.8) is 0 Å². The molecule has 6 N–H and O–H groups in total. The van der Waals surface area contributed by atoms with Crippen LogP contribution in [-0.2, 0) is 35.4 Å². The molecule has 0 unspecified atom stereocenters. The molecule has 2 aromatic rings. The van der Waals surface area contributed by atoms with Crippen molar-refractivity contribution in [1.82, 2.24) is 9.80 Å². The van der Waals surface area contributed by atoms with E-state index in [4.69, 9.17) is 10.5 Å². The topological polar surface area (TPSA) is 174 Å². The number of amides is 1. The van der Waals surface area contributed by atoms with Crippen molar-refractivity contribution in [3.8, 4) is 11.5 Å². The second kappa shape index (κ2) is 11.0. The third-order valence-electron chi connectivity index (χ3n) is 10.3. The zero-order valence-corrected chi connectivity index (χ0v) is 25.8. The zero-order valence-electron chi connectivity index (χ0n) is 25.8. The maximum absolute atomic E-state index is 14.1. The van der Waals surface area contributed by atoms with Crippen molar-refractivity contribution >= 4 is 17.5 Å². The van der Waals surface area contributed by atoms with Gasteiger partial charge in [0, 0.05) is 35.2 Å². The molecule has 1 amide bonds. The Balaban J connectivity index is 1.41. The van der Waals surface area contributed by atoms with Gasteiger partial charge in [-0.3, -0.25) is 24.2 Å². The van der Waals surface area contributed by atoms with Gasteiger partial charge >= 0.3 is 0 Å². The number of primary amides is 1. The van der Waals surface area contributed by atoms with Crippen LogP contribution in [0.4, 0.5) is 0 Å². The van der Waals surface area contributed by atoms with Gasteiger partial charge in [0.25, 0.3) is 5.91 Å². The molecule has 11 heteroatoms. The zero-order chi connectivity index (χ0) is 32.5. The van der Waals surface area contributed by atoms with Crippen molar-refractivity contribution in [2.75, 3.05) is 27.7 Å². The Kier molecular flexibility index (Phi) is 7.54.